The molecule has 1 aliphatic rings. The first kappa shape index (κ1) is 25.3. The van der Waals surface area contributed by atoms with Crippen LogP contribution in [0.15, 0.2) is 60.2 Å². The summed E-state index contributed by atoms with van der Waals surface area (Å²) in [6.45, 7) is 4.98. The molecule has 3 aromatic rings. The summed E-state index contributed by atoms with van der Waals surface area (Å²) in [6.07, 6.45) is 5.33. The van der Waals surface area contributed by atoms with Crippen LogP contribution in [-0.2, 0) is 11.2 Å². The van der Waals surface area contributed by atoms with Gasteiger partial charge >= 0.3 is 5.97 Å². The average Bonchev–Trinajstić information content (AvgIpc) is 2.84. The zero-order valence-corrected chi connectivity index (χ0v) is 20.9. The van der Waals surface area contributed by atoms with Gasteiger partial charge in [-0.2, -0.15) is 0 Å². The fourth-order valence-electron chi connectivity index (χ4n) is 4.22. The van der Waals surface area contributed by atoms with E-state index in [2.05, 4.69) is 11.6 Å². The van der Waals surface area contributed by atoms with Gasteiger partial charge in [-0.3, -0.25) is 14.6 Å². The van der Waals surface area contributed by atoms with Crippen molar-refractivity contribution in [1.82, 2.24) is 19.8 Å². The lowest BCUT2D eigenvalue weighted by atomic mass is 10.0. The minimum atomic E-state index is -0.813. The normalized spacial score (nSPS) is 13.7. The topological polar surface area (TPSA) is 99.0 Å². The number of aryl methyl sites for hydroxylation is 1. The third-order valence-corrected chi connectivity index (χ3v) is 6.44. The Kier molecular flexibility index (Phi) is 7.95. The van der Waals surface area contributed by atoms with Crippen molar-refractivity contribution in [2.24, 2.45) is 4.99 Å². The Labute approximate surface area is 214 Å². The Balaban J connectivity index is 1.59. The van der Waals surface area contributed by atoms with E-state index in [0.29, 0.717) is 54.0 Å². The average molecular weight is 506 g/mol. The van der Waals surface area contributed by atoms with Crippen molar-refractivity contribution in [2.45, 2.75) is 31.7 Å². The van der Waals surface area contributed by atoms with Gasteiger partial charge in [-0.1, -0.05) is 30.3 Å². The smallest absolute Gasteiger partial charge is 0.303 e. The molecule has 8 nitrogen and oxygen atoms in total. The molecule has 4 rings (SSSR count). The molecule has 0 unspecified atom stereocenters. The molecular formula is C27H28ClN5O3. The maximum atomic E-state index is 13.1. The molecule has 0 saturated carbocycles. The minimum absolute atomic E-state index is 0.0582. The summed E-state index contributed by atoms with van der Waals surface area (Å²) in [5, 5.41) is 9.59. The number of likely N-dealkylation sites (tertiary alicyclic amines) is 1. The van der Waals surface area contributed by atoms with Crippen LogP contribution < -0.4 is 0 Å². The monoisotopic (exact) mass is 505 g/mol. The third kappa shape index (κ3) is 5.71. The second-order valence-corrected chi connectivity index (χ2v) is 9.13. The van der Waals surface area contributed by atoms with E-state index in [4.69, 9.17) is 26.7 Å². The van der Waals surface area contributed by atoms with E-state index in [1.165, 1.54) is 0 Å². The molecule has 1 fully saturated rings. The van der Waals surface area contributed by atoms with E-state index < -0.39 is 5.97 Å². The quantitative estimate of drug-likeness (QED) is 0.244. The number of unbranched alkanes of at least 4 members (excludes halogenated alkanes) is 1. The standard InChI is InChI=1S/C27H28ClN5O3/c1-3-32(17-29-2)21-15-33(16-21)27(36)19-10-13-22-24(14-19)30-23(6-4-5-7-25(34)35)26(31-22)18-8-11-20(28)12-9-18/h3,8-14,17,21H,1,4-7,15-16H2,2H3,(H,34,35). The van der Waals surface area contributed by atoms with Crippen molar-refractivity contribution in [3.63, 3.8) is 0 Å². The Morgan fingerprint density at radius 3 is 2.58 bits per heavy atom. The summed E-state index contributed by atoms with van der Waals surface area (Å²) >= 11 is 6.06. The number of carboxylic acids is 1. The second kappa shape index (κ2) is 11.3. The van der Waals surface area contributed by atoms with Crippen molar-refractivity contribution in [2.75, 3.05) is 20.1 Å². The number of aliphatic carboxylic acids is 1. The number of hydrogen-bond acceptors (Lipinski definition) is 5. The second-order valence-electron chi connectivity index (χ2n) is 8.70. The van der Waals surface area contributed by atoms with Crippen molar-refractivity contribution in [3.05, 3.63) is 71.5 Å². The van der Waals surface area contributed by atoms with Gasteiger partial charge in [0.05, 0.1) is 34.8 Å². The van der Waals surface area contributed by atoms with E-state index in [9.17, 15) is 9.59 Å². The van der Waals surface area contributed by atoms with Gasteiger partial charge in [0, 0.05) is 42.7 Å². The number of nitrogens with zero attached hydrogens (tertiary/aromatic N) is 5. The number of carboxylic acid groups (broad SMARTS) is 1. The molecule has 186 valence electrons. The zero-order valence-electron chi connectivity index (χ0n) is 20.1. The molecular weight excluding hydrogens is 478 g/mol. The first-order valence-electron chi connectivity index (χ1n) is 11.8. The predicted molar refractivity (Wildman–Crippen MR) is 141 cm³/mol. The van der Waals surface area contributed by atoms with Gasteiger partial charge in [-0.15, -0.1) is 0 Å². The van der Waals surface area contributed by atoms with Crippen molar-refractivity contribution >= 4 is 40.8 Å². The van der Waals surface area contributed by atoms with E-state index in [1.54, 1.807) is 48.8 Å². The minimum Gasteiger partial charge on any atom is -0.481 e. The third-order valence-electron chi connectivity index (χ3n) is 6.19. The van der Waals surface area contributed by atoms with E-state index in [0.717, 1.165) is 17.0 Å². The number of benzene rings is 2. The molecule has 0 bridgehead atoms. The summed E-state index contributed by atoms with van der Waals surface area (Å²) in [6, 6.07) is 12.9. The maximum absolute atomic E-state index is 13.1. The fourth-order valence-corrected chi connectivity index (χ4v) is 4.35. The van der Waals surface area contributed by atoms with Crippen LogP contribution in [0.25, 0.3) is 22.3 Å². The number of hydrogen-bond donors (Lipinski definition) is 1. The summed E-state index contributed by atoms with van der Waals surface area (Å²) in [4.78, 5) is 41.4. The van der Waals surface area contributed by atoms with Crippen LogP contribution in [0.4, 0.5) is 0 Å². The van der Waals surface area contributed by atoms with Gasteiger partial charge in [0.25, 0.3) is 5.91 Å². The van der Waals surface area contributed by atoms with E-state index in [1.807, 2.05) is 23.1 Å². The van der Waals surface area contributed by atoms with Gasteiger partial charge in [0.1, 0.15) is 0 Å². The van der Waals surface area contributed by atoms with E-state index in [-0.39, 0.29) is 18.4 Å². The molecule has 0 aliphatic carbocycles. The van der Waals surface area contributed by atoms with Gasteiger partial charge in [0.15, 0.2) is 0 Å². The Hall–Kier alpha value is -3.78. The molecule has 9 heteroatoms. The van der Waals surface area contributed by atoms with Gasteiger partial charge < -0.3 is 14.9 Å². The number of amides is 1. The SMILES string of the molecule is C=CN(C=NC)C1CN(C(=O)c2ccc3nc(-c4ccc(Cl)cc4)c(CCCCC(=O)O)nc3c2)C1. The van der Waals surface area contributed by atoms with Crippen molar-refractivity contribution < 1.29 is 14.7 Å². The number of carbonyl (C=O) groups excluding carboxylic acids is 1. The molecule has 0 radical (unpaired) electrons. The number of aromatic nitrogens is 2. The molecule has 0 atom stereocenters. The Bertz CT molecular complexity index is 1300. The number of carbonyl (C=O) groups is 2. The van der Waals surface area contributed by atoms with Crippen LogP contribution in [0.3, 0.4) is 0 Å². The molecule has 36 heavy (non-hydrogen) atoms. The molecule has 2 aromatic carbocycles. The Morgan fingerprint density at radius 1 is 1.17 bits per heavy atom. The molecule has 2 heterocycles. The van der Waals surface area contributed by atoms with Crippen LogP contribution in [0.5, 0.6) is 0 Å². The van der Waals surface area contributed by atoms with Crippen molar-refractivity contribution in [3.8, 4) is 11.3 Å². The zero-order chi connectivity index (χ0) is 25.7. The predicted octanol–water partition coefficient (Wildman–Crippen LogP) is 4.68. The molecule has 1 amide bonds. The maximum Gasteiger partial charge on any atom is 0.303 e. The lowest BCUT2D eigenvalue weighted by Gasteiger charge is -2.43. The largest absolute Gasteiger partial charge is 0.481 e. The lowest BCUT2D eigenvalue weighted by molar-refractivity contribution is -0.137. The number of halogens is 1. The molecule has 1 aliphatic heterocycles. The highest BCUT2D eigenvalue weighted by atomic mass is 35.5. The first-order valence-corrected chi connectivity index (χ1v) is 12.2. The summed E-state index contributed by atoms with van der Waals surface area (Å²) in [7, 11) is 1.70. The highest BCUT2D eigenvalue weighted by molar-refractivity contribution is 6.30. The van der Waals surface area contributed by atoms with Crippen LogP contribution in [0.1, 0.15) is 35.3 Å². The summed E-state index contributed by atoms with van der Waals surface area (Å²) in [5.41, 5.74) is 4.27. The van der Waals surface area contributed by atoms with Crippen LogP contribution >= 0.6 is 11.6 Å². The number of rotatable bonds is 10. The van der Waals surface area contributed by atoms with Crippen LogP contribution in [0.2, 0.25) is 5.02 Å². The van der Waals surface area contributed by atoms with Gasteiger partial charge in [-0.25, -0.2) is 9.97 Å². The molecule has 0 spiro atoms. The summed E-state index contributed by atoms with van der Waals surface area (Å²) in [5.74, 6) is -0.871. The first-order chi connectivity index (χ1) is 17.4. The van der Waals surface area contributed by atoms with Gasteiger partial charge in [-0.05, 0) is 55.8 Å². The molecule has 1 aromatic heterocycles. The highest BCUT2D eigenvalue weighted by Crippen LogP contribution is 2.27. The number of aliphatic imine (C=N–C) groups is 1. The van der Waals surface area contributed by atoms with Crippen molar-refractivity contribution in [1.29, 1.82) is 0 Å². The van der Waals surface area contributed by atoms with Gasteiger partial charge in [0.2, 0.25) is 0 Å². The van der Waals surface area contributed by atoms with Crippen LogP contribution in [-0.4, -0.2) is 69.3 Å². The lowest BCUT2D eigenvalue weighted by Crippen LogP contribution is -2.59. The molecule has 1 saturated heterocycles. The fraction of sp³-hybridized carbons (Fsp3) is 0.296. The van der Waals surface area contributed by atoms with Crippen LogP contribution in [0, 0.1) is 0 Å². The highest BCUT2D eigenvalue weighted by Gasteiger charge is 2.33. The Morgan fingerprint density at radius 2 is 1.92 bits per heavy atom. The van der Waals surface area contributed by atoms with E-state index >= 15 is 0 Å². The summed E-state index contributed by atoms with van der Waals surface area (Å²) < 4.78 is 0. The number of fused-ring (bicyclic) bond motifs is 1. The molecule has 1 N–H and O–H groups in total.